The minimum Gasteiger partial charge on any atom is -0.255 e. The summed E-state index contributed by atoms with van der Waals surface area (Å²) in [6.07, 6.45) is -12.5. The van der Waals surface area contributed by atoms with Crippen molar-refractivity contribution in [1.82, 2.24) is 9.97 Å². The third-order valence-electron chi connectivity index (χ3n) is 6.16. The Morgan fingerprint density at radius 1 is 0.579 bits per heavy atom. The lowest BCUT2D eigenvalue weighted by atomic mass is 9.80. The topological polar surface area (TPSA) is 25.8 Å². The molecule has 0 atom stereocenters. The van der Waals surface area contributed by atoms with Gasteiger partial charge in [-0.25, -0.2) is 0 Å². The summed E-state index contributed by atoms with van der Waals surface area (Å²) in [6, 6.07) is 5.75. The molecule has 0 fully saturated rings. The Morgan fingerprint density at radius 2 is 0.974 bits per heavy atom. The van der Waals surface area contributed by atoms with Crippen LogP contribution in [0.1, 0.15) is 50.7 Å². The lowest BCUT2D eigenvalue weighted by Crippen LogP contribution is -2.51. The molecule has 2 aromatic heterocycles. The van der Waals surface area contributed by atoms with Crippen LogP contribution in [0.2, 0.25) is 0 Å². The molecular formula is C24H24F12N2. The number of alkyl halides is 12. The summed E-state index contributed by atoms with van der Waals surface area (Å²) in [7, 11) is 0. The van der Waals surface area contributed by atoms with Gasteiger partial charge in [-0.1, -0.05) is 13.8 Å². The molecule has 0 spiro atoms. The smallest absolute Gasteiger partial charge is 0.255 e. The van der Waals surface area contributed by atoms with Crippen molar-refractivity contribution >= 4 is 0 Å². The molecule has 14 heteroatoms. The molecule has 0 radical (unpaired) electrons. The molecule has 0 unspecified atom stereocenters. The van der Waals surface area contributed by atoms with Crippen molar-refractivity contribution in [3.8, 4) is 11.4 Å². The van der Waals surface area contributed by atoms with E-state index in [1.807, 2.05) is 0 Å². The normalized spacial score (nSPS) is 14.2. The number of hydrogen-bond donors (Lipinski definition) is 0. The molecule has 0 bridgehead atoms. The quantitative estimate of drug-likeness (QED) is 0.253. The number of pyridine rings is 2. The molecular weight excluding hydrogens is 544 g/mol. The van der Waals surface area contributed by atoms with Crippen LogP contribution in [-0.2, 0) is 12.8 Å². The number of hydrogen-bond acceptors (Lipinski definition) is 2. The minimum atomic E-state index is -6.40. The molecule has 0 saturated heterocycles. The zero-order valence-corrected chi connectivity index (χ0v) is 20.1. The van der Waals surface area contributed by atoms with Crippen molar-refractivity contribution < 1.29 is 52.7 Å². The van der Waals surface area contributed by atoms with Crippen LogP contribution in [0.15, 0.2) is 36.7 Å². The van der Waals surface area contributed by atoms with Crippen molar-refractivity contribution in [2.24, 2.45) is 5.41 Å². The van der Waals surface area contributed by atoms with Gasteiger partial charge in [-0.2, -0.15) is 52.7 Å². The first-order valence-electron chi connectivity index (χ1n) is 11.3. The van der Waals surface area contributed by atoms with Crippen LogP contribution in [0.3, 0.4) is 0 Å². The molecule has 2 aromatic rings. The third kappa shape index (κ3) is 6.90. The Hall–Kier alpha value is -2.54. The van der Waals surface area contributed by atoms with Gasteiger partial charge >= 0.3 is 30.1 Å². The first kappa shape index (κ1) is 31.7. The highest BCUT2D eigenvalue weighted by atomic mass is 19.4. The summed E-state index contributed by atoms with van der Waals surface area (Å²) in [4.78, 5) is 8.14. The van der Waals surface area contributed by atoms with Crippen molar-refractivity contribution in [3.63, 3.8) is 0 Å². The molecule has 0 saturated carbocycles. The molecule has 0 aliphatic carbocycles. The number of aryl methyl sites for hydroxylation is 2. The van der Waals surface area contributed by atoms with E-state index in [2.05, 4.69) is 9.97 Å². The van der Waals surface area contributed by atoms with E-state index in [-0.39, 0.29) is 30.7 Å². The molecule has 2 heterocycles. The zero-order valence-electron chi connectivity index (χ0n) is 20.1. The fourth-order valence-corrected chi connectivity index (χ4v) is 3.69. The first-order chi connectivity index (χ1) is 17.1. The fourth-order valence-electron chi connectivity index (χ4n) is 3.69. The first-order valence-corrected chi connectivity index (χ1v) is 11.3. The maximum absolute atomic E-state index is 13.7. The van der Waals surface area contributed by atoms with Gasteiger partial charge in [-0.05, 0) is 67.5 Å². The van der Waals surface area contributed by atoms with Crippen LogP contribution >= 0.6 is 0 Å². The highest BCUT2D eigenvalue weighted by molar-refractivity contribution is 5.55. The molecule has 38 heavy (non-hydrogen) atoms. The van der Waals surface area contributed by atoms with E-state index in [1.54, 1.807) is 0 Å². The SMILES string of the molecule is CC(C)(CCCc1ccnc(-c2cc(CCCC(F)(F)C(F)(F)C(F)(F)F)ccn2)c1)C(F)(F)C(F)(F)F. The van der Waals surface area contributed by atoms with Gasteiger partial charge in [-0.3, -0.25) is 9.97 Å². The van der Waals surface area contributed by atoms with Crippen LogP contribution in [0.4, 0.5) is 52.7 Å². The summed E-state index contributed by atoms with van der Waals surface area (Å²) in [5, 5.41) is 0. The second-order valence-electron chi connectivity index (χ2n) is 9.54. The zero-order chi connectivity index (χ0) is 29.2. The van der Waals surface area contributed by atoms with E-state index >= 15 is 0 Å². The van der Waals surface area contributed by atoms with Crippen LogP contribution < -0.4 is 0 Å². The Kier molecular flexibility index (Phi) is 9.10. The highest BCUT2D eigenvalue weighted by Gasteiger charge is 2.72. The van der Waals surface area contributed by atoms with Gasteiger partial charge in [0.2, 0.25) is 0 Å². The fraction of sp³-hybridized carbons (Fsp3) is 0.583. The average Bonchev–Trinajstić information content (AvgIpc) is 2.77. The van der Waals surface area contributed by atoms with Crippen LogP contribution in [0.5, 0.6) is 0 Å². The Bertz CT molecular complexity index is 989. The monoisotopic (exact) mass is 568 g/mol. The van der Waals surface area contributed by atoms with Crippen LogP contribution in [-0.4, -0.2) is 40.1 Å². The molecule has 0 amide bonds. The van der Waals surface area contributed by atoms with Crippen molar-refractivity contribution in [1.29, 1.82) is 0 Å². The van der Waals surface area contributed by atoms with Crippen LogP contribution in [0.25, 0.3) is 11.4 Å². The average molecular weight is 568 g/mol. The molecule has 0 aromatic carbocycles. The standard InChI is InChI=1S/C24H24F12N2/c1-19(2,21(27,28)23(31,32)33)9-3-5-15-7-11-37-17(13-15)18-14-16(8-12-38-18)6-4-10-20(25,26)22(29,30)24(34,35)36/h7-8,11-14H,3-6,9-10H2,1-2H3. The summed E-state index contributed by atoms with van der Waals surface area (Å²) >= 11 is 0. The van der Waals surface area contributed by atoms with Crippen molar-refractivity contribution in [2.45, 2.75) is 82.5 Å². The maximum Gasteiger partial charge on any atom is 0.459 e. The summed E-state index contributed by atoms with van der Waals surface area (Å²) < 4.78 is 155. The predicted molar refractivity (Wildman–Crippen MR) is 114 cm³/mol. The number of aromatic nitrogens is 2. The molecule has 0 N–H and O–H groups in total. The number of halogens is 12. The Balaban J connectivity index is 2.05. The van der Waals surface area contributed by atoms with Gasteiger partial charge in [0.25, 0.3) is 0 Å². The predicted octanol–water partition coefficient (Wildman–Crippen LogP) is 8.85. The molecule has 2 nitrogen and oxygen atoms in total. The third-order valence-corrected chi connectivity index (χ3v) is 6.16. The van der Waals surface area contributed by atoms with Gasteiger partial charge in [-0.15, -0.1) is 0 Å². The summed E-state index contributed by atoms with van der Waals surface area (Å²) in [5.74, 6) is -16.4. The summed E-state index contributed by atoms with van der Waals surface area (Å²) in [5.41, 5.74) is -1.04. The number of rotatable bonds is 11. The van der Waals surface area contributed by atoms with Gasteiger partial charge < -0.3 is 0 Å². The van der Waals surface area contributed by atoms with E-state index in [1.165, 1.54) is 36.7 Å². The highest BCUT2D eigenvalue weighted by Crippen LogP contribution is 2.50. The lowest BCUT2D eigenvalue weighted by molar-refractivity contribution is -0.355. The second-order valence-corrected chi connectivity index (χ2v) is 9.54. The van der Waals surface area contributed by atoms with Crippen molar-refractivity contribution in [3.05, 3.63) is 47.8 Å². The molecule has 0 aliphatic heterocycles. The minimum absolute atomic E-state index is 0.00758. The van der Waals surface area contributed by atoms with E-state index < -0.39 is 54.8 Å². The summed E-state index contributed by atoms with van der Waals surface area (Å²) in [6.45, 7) is 1.65. The van der Waals surface area contributed by atoms with Gasteiger partial charge in [0.1, 0.15) is 0 Å². The van der Waals surface area contributed by atoms with E-state index in [0.29, 0.717) is 11.1 Å². The van der Waals surface area contributed by atoms with E-state index in [0.717, 1.165) is 13.8 Å². The second kappa shape index (κ2) is 10.9. The lowest BCUT2D eigenvalue weighted by Gasteiger charge is -2.35. The van der Waals surface area contributed by atoms with Gasteiger partial charge in [0, 0.05) is 24.2 Å². The van der Waals surface area contributed by atoms with E-state index in [4.69, 9.17) is 0 Å². The molecule has 0 aliphatic rings. The van der Waals surface area contributed by atoms with Gasteiger partial charge in [0.15, 0.2) is 0 Å². The van der Waals surface area contributed by atoms with E-state index in [9.17, 15) is 52.7 Å². The Labute approximate surface area is 210 Å². The maximum atomic E-state index is 13.7. The largest absolute Gasteiger partial charge is 0.459 e. The number of nitrogens with zero attached hydrogens (tertiary/aromatic N) is 2. The molecule has 214 valence electrons. The van der Waals surface area contributed by atoms with Crippen molar-refractivity contribution in [2.75, 3.05) is 0 Å². The van der Waals surface area contributed by atoms with Crippen LogP contribution in [0, 0.1) is 5.41 Å². The van der Waals surface area contributed by atoms with Gasteiger partial charge in [0.05, 0.1) is 11.4 Å². The Morgan fingerprint density at radius 3 is 1.37 bits per heavy atom. The molecule has 2 rings (SSSR count).